The molecule has 30 heavy (non-hydrogen) atoms. The number of hydrogen-bond donors (Lipinski definition) is 4. The molecule has 8 nitrogen and oxygen atoms in total. The lowest BCUT2D eigenvalue weighted by molar-refractivity contribution is 0.0976. The zero-order chi connectivity index (χ0) is 21.3. The molecular formula is C22H26N2O6. The van der Waals surface area contributed by atoms with E-state index < -0.39 is 0 Å². The number of carbonyl (C=O) groups excluding carboxylic acids is 2. The fraction of sp³-hybridized carbons (Fsp3) is 0.364. The zero-order valence-electron chi connectivity index (χ0n) is 16.6. The van der Waals surface area contributed by atoms with E-state index >= 15 is 0 Å². The molecule has 0 aromatic heterocycles. The third-order valence-corrected chi connectivity index (χ3v) is 4.67. The zero-order valence-corrected chi connectivity index (χ0v) is 16.6. The van der Waals surface area contributed by atoms with E-state index in [0.717, 1.165) is 0 Å². The van der Waals surface area contributed by atoms with Crippen LogP contribution in [0.2, 0.25) is 0 Å². The van der Waals surface area contributed by atoms with Gasteiger partial charge in [0.1, 0.15) is 0 Å². The third kappa shape index (κ3) is 4.85. The van der Waals surface area contributed by atoms with Gasteiger partial charge in [-0.15, -0.1) is 0 Å². The van der Waals surface area contributed by atoms with Gasteiger partial charge in [-0.25, -0.2) is 0 Å². The highest BCUT2D eigenvalue weighted by Crippen LogP contribution is 2.36. The molecular weight excluding hydrogens is 388 g/mol. The number of benzene rings is 2. The summed E-state index contributed by atoms with van der Waals surface area (Å²) < 4.78 is 10.5. The normalized spacial score (nSPS) is 12.5. The molecule has 0 fully saturated rings. The third-order valence-electron chi connectivity index (χ3n) is 4.67. The van der Waals surface area contributed by atoms with Gasteiger partial charge in [0.05, 0.1) is 50.8 Å². The SMILES string of the molecule is O=C1c2ccccc2C(=O)c2c(NCCOCCO)ccc(NCCOCCO)c21. The summed E-state index contributed by atoms with van der Waals surface area (Å²) >= 11 is 0. The summed E-state index contributed by atoms with van der Waals surface area (Å²) in [7, 11) is 0. The molecule has 0 saturated carbocycles. The van der Waals surface area contributed by atoms with Crippen molar-refractivity contribution in [1.82, 2.24) is 0 Å². The van der Waals surface area contributed by atoms with Gasteiger partial charge in [0, 0.05) is 35.6 Å². The highest BCUT2D eigenvalue weighted by molar-refractivity contribution is 6.31. The highest BCUT2D eigenvalue weighted by Gasteiger charge is 2.33. The molecule has 0 atom stereocenters. The van der Waals surface area contributed by atoms with Crippen molar-refractivity contribution in [3.8, 4) is 0 Å². The topological polar surface area (TPSA) is 117 Å². The number of aliphatic hydroxyl groups is 2. The van der Waals surface area contributed by atoms with Crippen molar-refractivity contribution in [2.24, 2.45) is 0 Å². The highest BCUT2D eigenvalue weighted by atomic mass is 16.5. The van der Waals surface area contributed by atoms with E-state index in [4.69, 9.17) is 19.7 Å². The molecule has 0 radical (unpaired) electrons. The Labute approximate surface area is 174 Å². The van der Waals surface area contributed by atoms with E-state index in [-0.39, 0.29) is 38.0 Å². The molecule has 0 saturated heterocycles. The number of fused-ring (bicyclic) bond motifs is 2. The van der Waals surface area contributed by atoms with Gasteiger partial charge in [-0.1, -0.05) is 24.3 Å². The summed E-state index contributed by atoms with van der Waals surface area (Å²) in [4.78, 5) is 26.5. The van der Waals surface area contributed by atoms with Gasteiger partial charge < -0.3 is 30.3 Å². The van der Waals surface area contributed by atoms with Crippen molar-refractivity contribution in [3.05, 3.63) is 58.7 Å². The molecule has 0 amide bonds. The predicted octanol–water partition coefficient (Wildman–Crippen LogP) is 1.30. The summed E-state index contributed by atoms with van der Waals surface area (Å²) in [5, 5.41) is 23.9. The average molecular weight is 414 g/mol. The average Bonchev–Trinajstić information content (AvgIpc) is 2.77. The number of anilines is 2. The molecule has 0 unspecified atom stereocenters. The number of aliphatic hydroxyl groups excluding tert-OH is 2. The van der Waals surface area contributed by atoms with Crippen LogP contribution < -0.4 is 10.6 Å². The van der Waals surface area contributed by atoms with Crippen LogP contribution in [0, 0.1) is 0 Å². The number of ketones is 2. The lowest BCUT2D eigenvalue weighted by Crippen LogP contribution is -2.25. The second-order valence-corrected chi connectivity index (χ2v) is 6.64. The van der Waals surface area contributed by atoms with Crippen LogP contribution in [0.4, 0.5) is 11.4 Å². The van der Waals surface area contributed by atoms with E-state index in [0.29, 0.717) is 59.9 Å². The van der Waals surface area contributed by atoms with Gasteiger partial charge in [0.2, 0.25) is 0 Å². The molecule has 8 heteroatoms. The Morgan fingerprint density at radius 1 is 0.667 bits per heavy atom. The molecule has 0 heterocycles. The van der Waals surface area contributed by atoms with Crippen LogP contribution in [-0.2, 0) is 9.47 Å². The van der Waals surface area contributed by atoms with Gasteiger partial charge in [-0.05, 0) is 12.1 Å². The van der Waals surface area contributed by atoms with E-state index in [9.17, 15) is 9.59 Å². The van der Waals surface area contributed by atoms with E-state index in [2.05, 4.69) is 10.6 Å². The Morgan fingerprint density at radius 3 is 1.50 bits per heavy atom. The lowest BCUT2D eigenvalue weighted by Gasteiger charge is -2.24. The largest absolute Gasteiger partial charge is 0.394 e. The Hall–Kier alpha value is -2.78. The smallest absolute Gasteiger partial charge is 0.196 e. The first-order valence-electron chi connectivity index (χ1n) is 9.89. The molecule has 160 valence electrons. The van der Waals surface area contributed by atoms with Gasteiger partial charge in [0.25, 0.3) is 0 Å². The summed E-state index contributed by atoms with van der Waals surface area (Å²) in [5.41, 5.74) is 2.57. The number of carbonyl (C=O) groups is 2. The van der Waals surface area contributed by atoms with E-state index in [1.807, 2.05) is 0 Å². The minimum Gasteiger partial charge on any atom is -0.394 e. The van der Waals surface area contributed by atoms with Crippen molar-refractivity contribution >= 4 is 22.9 Å². The quantitative estimate of drug-likeness (QED) is 0.328. The maximum absolute atomic E-state index is 13.2. The Kier molecular flexibility index (Phi) is 7.92. The molecule has 0 bridgehead atoms. The van der Waals surface area contributed by atoms with Gasteiger partial charge in [-0.2, -0.15) is 0 Å². The minimum atomic E-state index is -0.209. The molecule has 1 aliphatic rings. The second-order valence-electron chi connectivity index (χ2n) is 6.64. The summed E-state index contributed by atoms with van der Waals surface area (Å²) in [6.07, 6.45) is 0. The van der Waals surface area contributed by atoms with Crippen LogP contribution in [0.15, 0.2) is 36.4 Å². The first-order valence-corrected chi connectivity index (χ1v) is 9.89. The predicted molar refractivity (Wildman–Crippen MR) is 113 cm³/mol. The van der Waals surface area contributed by atoms with Crippen LogP contribution in [0.3, 0.4) is 0 Å². The standard InChI is InChI=1S/C22H26N2O6/c25-9-13-29-11-7-23-17-5-6-18(24-8-12-30-14-10-26)20-19(17)21(27)15-3-1-2-4-16(15)22(20)28/h1-6,23-26H,7-14H2. The van der Waals surface area contributed by atoms with Crippen LogP contribution in [0.1, 0.15) is 31.8 Å². The fourth-order valence-corrected chi connectivity index (χ4v) is 3.37. The summed E-state index contributed by atoms with van der Waals surface area (Å²) in [5.74, 6) is -0.418. The number of hydrogen-bond acceptors (Lipinski definition) is 8. The van der Waals surface area contributed by atoms with Gasteiger partial charge in [0.15, 0.2) is 11.6 Å². The van der Waals surface area contributed by atoms with Crippen LogP contribution in [0.5, 0.6) is 0 Å². The van der Waals surface area contributed by atoms with Crippen molar-refractivity contribution in [3.63, 3.8) is 0 Å². The monoisotopic (exact) mass is 414 g/mol. The summed E-state index contributed by atoms with van der Waals surface area (Å²) in [6, 6.07) is 10.3. The molecule has 0 spiro atoms. The van der Waals surface area contributed by atoms with Gasteiger partial charge >= 0.3 is 0 Å². The molecule has 4 N–H and O–H groups in total. The summed E-state index contributed by atoms with van der Waals surface area (Å²) in [6.45, 7) is 1.95. The Balaban J connectivity index is 1.88. The lowest BCUT2D eigenvalue weighted by atomic mass is 9.82. The maximum atomic E-state index is 13.2. The molecule has 0 aliphatic heterocycles. The van der Waals surface area contributed by atoms with Gasteiger partial charge in [-0.3, -0.25) is 9.59 Å². The maximum Gasteiger partial charge on any atom is 0.196 e. The van der Waals surface area contributed by atoms with Crippen LogP contribution in [0.25, 0.3) is 0 Å². The number of ether oxygens (including phenoxy) is 2. The molecule has 2 aromatic carbocycles. The first-order chi connectivity index (χ1) is 14.7. The van der Waals surface area contributed by atoms with Crippen molar-refractivity contribution in [2.75, 3.05) is 63.4 Å². The Bertz CT molecular complexity index is 827. The van der Waals surface area contributed by atoms with Crippen LogP contribution in [-0.4, -0.2) is 74.5 Å². The molecule has 2 aromatic rings. The second kappa shape index (κ2) is 10.8. The number of rotatable bonds is 12. The van der Waals surface area contributed by atoms with Crippen molar-refractivity contribution in [2.45, 2.75) is 0 Å². The fourth-order valence-electron chi connectivity index (χ4n) is 3.37. The van der Waals surface area contributed by atoms with Crippen molar-refractivity contribution in [1.29, 1.82) is 0 Å². The molecule has 3 rings (SSSR count). The van der Waals surface area contributed by atoms with Crippen LogP contribution >= 0.6 is 0 Å². The molecule has 1 aliphatic carbocycles. The number of nitrogens with one attached hydrogen (secondary N) is 2. The Morgan fingerprint density at radius 2 is 1.10 bits per heavy atom. The van der Waals surface area contributed by atoms with E-state index in [1.54, 1.807) is 36.4 Å². The van der Waals surface area contributed by atoms with E-state index in [1.165, 1.54) is 0 Å². The minimum absolute atomic E-state index is 0.0540. The van der Waals surface area contributed by atoms with Crippen molar-refractivity contribution < 1.29 is 29.3 Å². The first kappa shape index (κ1) is 21.9.